The van der Waals surface area contributed by atoms with Gasteiger partial charge in [0.15, 0.2) is 10.5 Å². The van der Waals surface area contributed by atoms with Crippen LogP contribution in [-0.2, 0) is 14.3 Å². The summed E-state index contributed by atoms with van der Waals surface area (Å²) >= 11 is 1.29. The molecule has 28 heavy (non-hydrogen) atoms. The summed E-state index contributed by atoms with van der Waals surface area (Å²) in [5.41, 5.74) is 1.82. The summed E-state index contributed by atoms with van der Waals surface area (Å²) in [6.45, 7) is 6.44. The molecule has 0 N–H and O–H groups in total. The molecule has 1 aromatic rings. The lowest BCUT2D eigenvalue weighted by Gasteiger charge is -2.42. The summed E-state index contributed by atoms with van der Waals surface area (Å²) in [7, 11) is 0. The molecule has 2 unspecified atom stereocenters. The van der Waals surface area contributed by atoms with Crippen LogP contribution in [0.1, 0.15) is 30.6 Å². The van der Waals surface area contributed by atoms with E-state index >= 15 is 0 Å². The van der Waals surface area contributed by atoms with Crippen molar-refractivity contribution in [1.29, 1.82) is 5.26 Å². The number of morpholine rings is 1. The summed E-state index contributed by atoms with van der Waals surface area (Å²) in [5.74, 6) is -0.883. The third kappa shape index (κ3) is 3.80. The minimum Gasteiger partial charge on any atom is -0.465 e. The number of carbonyl (C=O) groups excluding carboxylic acids is 2. The van der Waals surface area contributed by atoms with Crippen LogP contribution in [0, 0.1) is 11.3 Å². The van der Waals surface area contributed by atoms with Gasteiger partial charge in [-0.2, -0.15) is 5.26 Å². The Morgan fingerprint density at radius 1 is 1.32 bits per heavy atom. The normalized spacial score (nSPS) is 25.2. The molecule has 2 aliphatic rings. The number of Topliss-reactive ketones (excluding diaryl/α,β-unsaturated/α-hetero) is 1. The molecule has 0 spiro atoms. The molecule has 0 amide bonds. The van der Waals surface area contributed by atoms with Crippen molar-refractivity contribution < 1.29 is 19.1 Å². The fourth-order valence-electron chi connectivity index (χ4n) is 3.75. The van der Waals surface area contributed by atoms with Gasteiger partial charge in [-0.15, -0.1) is 11.8 Å². The van der Waals surface area contributed by atoms with Crippen molar-refractivity contribution in [2.45, 2.75) is 30.3 Å². The van der Waals surface area contributed by atoms with Crippen LogP contribution in [0.4, 0.5) is 0 Å². The van der Waals surface area contributed by atoms with E-state index < -0.39 is 10.7 Å². The zero-order valence-electron chi connectivity index (χ0n) is 16.1. The van der Waals surface area contributed by atoms with E-state index in [9.17, 15) is 14.9 Å². The van der Waals surface area contributed by atoms with Gasteiger partial charge < -0.3 is 14.4 Å². The van der Waals surface area contributed by atoms with E-state index in [-0.39, 0.29) is 24.1 Å². The van der Waals surface area contributed by atoms with Crippen LogP contribution in [0.15, 0.2) is 41.6 Å². The van der Waals surface area contributed by atoms with Crippen LogP contribution in [0.25, 0.3) is 0 Å². The van der Waals surface area contributed by atoms with Gasteiger partial charge in [-0.1, -0.05) is 30.3 Å². The van der Waals surface area contributed by atoms with Gasteiger partial charge >= 0.3 is 5.97 Å². The van der Waals surface area contributed by atoms with E-state index in [1.165, 1.54) is 11.8 Å². The minimum atomic E-state index is -1.45. The quantitative estimate of drug-likeness (QED) is 0.427. The van der Waals surface area contributed by atoms with Crippen LogP contribution in [0.5, 0.6) is 0 Å². The number of ketones is 1. The first-order valence-electron chi connectivity index (χ1n) is 9.44. The number of hydrogen-bond donors (Lipinski definition) is 0. The number of nitrogens with zero attached hydrogens (tertiary/aromatic N) is 2. The van der Waals surface area contributed by atoms with Gasteiger partial charge in [-0.25, -0.2) is 0 Å². The lowest BCUT2D eigenvalue weighted by Crippen LogP contribution is -2.51. The largest absolute Gasteiger partial charge is 0.465 e. The first kappa shape index (κ1) is 20.4. The zero-order chi connectivity index (χ0) is 20.1. The Kier molecular flexibility index (Phi) is 6.42. The number of carbonyl (C=O) groups is 2. The monoisotopic (exact) mass is 400 g/mol. The van der Waals surface area contributed by atoms with Gasteiger partial charge in [-0.05, 0) is 13.8 Å². The number of esters is 1. The predicted molar refractivity (Wildman–Crippen MR) is 107 cm³/mol. The van der Waals surface area contributed by atoms with Gasteiger partial charge in [0.2, 0.25) is 0 Å². The first-order valence-corrected chi connectivity index (χ1v) is 10.3. The van der Waals surface area contributed by atoms with Crippen molar-refractivity contribution in [1.82, 2.24) is 4.90 Å². The molecule has 148 valence electrons. The molecule has 3 rings (SSSR count). The second kappa shape index (κ2) is 8.80. The van der Waals surface area contributed by atoms with Crippen molar-refractivity contribution in [3.05, 3.63) is 47.2 Å². The van der Waals surface area contributed by atoms with Crippen LogP contribution in [0.3, 0.4) is 0 Å². The number of ether oxygens (including phenoxy) is 2. The summed E-state index contributed by atoms with van der Waals surface area (Å²) in [6, 6.07) is 11.0. The maximum absolute atomic E-state index is 13.4. The maximum Gasteiger partial charge on any atom is 0.330 e. The highest BCUT2D eigenvalue weighted by Crippen LogP contribution is 2.47. The van der Waals surface area contributed by atoms with E-state index in [2.05, 4.69) is 11.0 Å². The van der Waals surface area contributed by atoms with Gasteiger partial charge in [0, 0.05) is 36.0 Å². The Labute approximate surface area is 169 Å². The first-order chi connectivity index (χ1) is 13.5. The lowest BCUT2D eigenvalue weighted by atomic mass is 9.88. The predicted octanol–water partition coefficient (Wildman–Crippen LogP) is 2.81. The van der Waals surface area contributed by atoms with Crippen molar-refractivity contribution in [2.75, 3.05) is 32.9 Å². The number of rotatable bonds is 5. The molecule has 0 radical (unpaired) electrons. The molecule has 0 saturated carbocycles. The van der Waals surface area contributed by atoms with E-state index in [0.29, 0.717) is 37.4 Å². The van der Waals surface area contributed by atoms with Gasteiger partial charge in [0.1, 0.15) is 0 Å². The Morgan fingerprint density at radius 2 is 2.00 bits per heavy atom. The van der Waals surface area contributed by atoms with E-state index in [0.717, 1.165) is 5.70 Å². The van der Waals surface area contributed by atoms with Crippen LogP contribution >= 0.6 is 11.8 Å². The Morgan fingerprint density at radius 3 is 2.61 bits per heavy atom. The molecule has 0 bridgehead atoms. The number of allylic oxidation sites excluding steroid dienone is 1. The second-order valence-electron chi connectivity index (χ2n) is 6.75. The number of hydrogen-bond acceptors (Lipinski definition) is 7. The Hall–Kier alpha value is -2.30. The van der Waals surface area contributed by atoms with Crippen LogP contribution < -0.4 is 0 Å². The Balaban J connectivity index is 2.04. The number of benzene rings is 1. The highest BCUT2D eigenvalue weighted by molar-refractivity contribution is 8.03. The number of thioether (sulfide) groups is 1. The number of nitriles is 1. The maximum atomic E-state index is 13.4. The van der Waals surface area contributed by atoms with Crippen molar-refractivity contribution in [3.63, 3.8) is 0 Å². The highest BCUT2D eigenvalue weighted by Gasteiger charge is 2.53. The van der Waals surface area contributed by atoms with Gasteiger partial charge in [0.05, 0.1) is 31.5 Å². The fraction of sp³-hybridized carbons (Fsp3) is 0.476. The summed E-state index contributed by atoms with van der Waals surface area (Å²) in [4.78, 5) is 28.6. The molecule has 2 heterocycles. The standard InChI is InChI=1S/C21H24N2O4S/c1-3-27-20(25)21(19(24)16-7-5-4-6-8-16)13-17(14-22)18(15(2)28-21)23-9-11-26-12-10-23/h4-8,15H,3,9-13H2,1-2H3. The SMILES string of the molecule is CCOC(=O)C1(C(=O)c2ccccc2)CC(C#N)=C(N2CCOCC2)C(C)S1. The molecule has 7 heteroatoms. The molecular formula is C21H24N2O4S. The molecule has 1 aromatic carbocycles. The second-order valence-corrected chi connectivity index (χ2v) is 8.39. The smallest absolute Gasteiger partial charge is 0.330 e. The molecule has 2 atom stereocenters. The molecule has 2 aliphatic heterocycles. The summed E-state index contributed by atoms with van der Waals surface area (Å²) in [6.07, 6.45) is 0.0394. The zero-order valence-corrected chi connectivity index (χ0v) is 17.0. The van der Waals surface area contributed by atoms with Gasteiger partial charge in [0.25, 0.3) is 0 Å². The van der Waals surface area contributed by atoms with E-state index in [4.69, 9.17) is 9.47 Å². The summed E-state index contributed by atoms with van der Waals surface area (Å²) in [5, 5.41) is 9.67. The average molecular weight is 401 g/mol. The topological polar surface area (TPSA) is 79.6 Å². The third-order valence-electron chi connectivity index (χ3n) is 4.99. The molecule has 1 fully saturated rings. The molecule has 0 aliphatic carbocycles. The summed E-state index contributed by atoms with van der Waals surface area (Å²) < 4.78 is 9.28. The molecule has 6 nitrogen and oxygen atoms in total. The minimum absolute atomic E-state index is 0.0394. The molecular weight excluding hydrogens is 376 g/mol. The fourth-order valence-corrected chi connectivity index (χ4v) is 5.36. The van der Waals surface area contributed by atoms with E-state index in [1.807, 2.05) is 13.0 Å². The Bertz CT molecular complexity index is 811. The highest BCUT2D eigenvalue weighted by atomic mass is 32.2. The third-order valence-corrected chi connectivity index (χ3v) is 6.47. The van der Waals surface area contributed by atoms with Crippen LogP contribution in [0.2, 0.25) is 0 Å². The molecule has 0 aromatic heterocycles. The lowest BCUT2D eigenvalue weighted by molar-refractivity contribution is -0.144. The molecule has 1 saturated heterocycles. The van der Waals surface area contributed by atoms with Crippen molar-refractivity contribution in [3.8, 4) is 6.07 Å². The van der Waals surface area contributed by atoms with Crippen molar-refractivity contribution >= 4 is 23.5 Å². The van der Waals surface area contributed by atoms with Crippen molar-refractivity contribution in [2.24, 2.45) is 0 Å². The van der Waals surface area contributed by atoms with Crippen LogP contribution in [-0.4, -0.2) is 59.6 Å². The van der Waals surface area contributed by atoms with E-state index in [1.54, 1.807) is 31.2 Å². The average Bonchev–Trinajstić information content (AvgIpc) is 2.73. The van der Waals surface area contributed by atoms with Gasteiger partial charge in [-0.3, -0.25) is 9.59 Å².